The summed E-state index contributed by atoms with van der Waals surface area (Å²) in [5.41, 5.74) is 6.37. The van der Waals surface area contributed by atoms with E-state index in [0.29, 0.717) is 16.5 Å². The van der Waals surface area contributed by atoms with Gasteiger partial charge in [0.2, 0.25) is 5.11 Å². The Morgan fingerprint density at radius 3 is 1.72 bits per heavy atom. The van der Waals surface area contributed by atoms with E-state index in [1.807, 2.05) is 26.0 Å². The summed E-state index contributed by atoms with van der Waals surface area (Å²) in [6.45, 7) is 18.6. The number of phenolic OH excluding ortho intramolecular Hbond substituents is 1. The lowest BCUT2D eigenvalue weighted by Gasteiger charge is -2.27. The highest BCUT2D eigenvalue weighted by atomic mass is 32.1. The second-order valence-corrected chi connectivity index (χ2v) is 10.2. The molecule has 0 fully saturated rings. The lowest BCUT2D eigenvalue weighted by molar-refractivity contribution is 0.423. The smallest absolute Gasteiger partial charge is 0.218 e. The van der Waals surface area contributed by atoms with Gasteiger partial charge in [-0.15, -0.1) is 10.2 Å². The normalized spacial score (nSPS) is 12.4. The Kier molecular flexibility index (Phi) is 6.53. The van der Waals surface area contributed by atoms with E-state index >= 15 is 0 Å². The van der Waals surface area contributed by atoms with E-state index in [2.05, 4.69) is 76.1 Å². The molecule has 0 heterocycles. The molecule has 0 unspecified atom stereocenters. The molecule has 156 valence electrons. The third kappa shape index (κ3) is 5.63. The molecule has 0 aliphatic rings. The summed E-state index contributed by atoms with van der Waals surface area (Å²) in [7, 11) is 0. The van der Waals surface area contributed by atoms with Crippen LogP contribution in [0.4, 0.5) is 11.4 Å². The van der Waals surface area contributed by atoms with E-state index in [4.69, 9.17) is 12.2 Å². The van der Waals surface area contributed by atoms with Gasteiger partial charge in [-0.3, -0.25) is 0 Å². The van der Waals surface area contributed by atoms with Gasteiger partial charge in [0.05, 0.1) is 5.69 Å². The number of phenols is 1. The molecule has 2 aromatic carbocycles. The summed E-state index contributed by atoms with van der Waals surface area (Å²) >= 11 is 5.40. The van der Waals surface area contributed by atoms with Gasteiger partial charge in [0.15, 0.2) is 0 Å². The fourth-order valence-corrected chi connectivity index (χ4v) is 3.58. The molecule has 0 spiro atoms. The van der Waals surface area contributed by atoms with Gasteiger partial charge in [0.25, 0.3) is 0 Å². The molecular formula is C24H33N3OS. The molecule has 0 radical (unpaired) electrons. The van der Waals surface area contributed by atoms with Crippen molar-refractivity contribution in [3.05, 3.63) is 52.1 Å². The number of aromatic hydroxyl groups is 1. The lowest BCUT2D eigenvalue weighted by atomic mass is 9.79. The number of nitrogens with one attached hydrogen (secondary N) is 1. The third-order valence-electron chi connectivity index (χ3n) is 4.88. The van der Waals surface area contributed by atoms with Crippen molar-refractivity contribution < 1.29 is 5.11 Å². The van der Waals surface area contributed by atoms with Crippen LogP contribution in [0.5, 0.6) is 5.75 Å². The quantitative estimate of drug-likeness (QED) is 0.400. The number of azo groups is 1. The van der Waals surface area contributed by atoms with Gasteiger partial charge in [-0.25, -0.2) is 0 Å². The second kappa shape index (κ2) is 8.23. The van der Waals surface area contributed by atoms with Crippen LogP contribution >= 0.6 is 12.2 Å². The summed E-state index contributed by atoms with van der Waals surface area (Å²) in [6, 6.07) is 8.00. The fourth-order valence-electron chi connectivity index (χ4n) is 3.43. The van der Waals surface area contributed by atoms with Crippen molar-refractivity contribution in [2.75, 3.05) is 5.32 Å². The number of thiocarbonyl (C=S) groups is 1. The fraction of sp³-hybridized carbons (Fsp3) is 0.458. The van der Waals surface area contributed by atoms with Crippen LogP contribution < -0.4 is 5.32 Å². The number of hydrogen-bond acceptors (Lipinski definition) is 3. The van der Waals surface area contributed by atoms with E-state index in [-0.39, 0.29) is 10.8 Å². The number of nitrogens with zero attached hydrogens (tertiary/aromatic N) is 2. The van der Waals surface area contributed by atoms with Crippen LogP contribution in [0.1, 0.15) is 69.4 Å². The molecule has 0 aromatic heterocycles. The van der Waals surface area contributed by atoms with Gasteiger partial charge in [-0.05, 0) is 67.1 Å². The lowest BCUT2D eigenvalue weighted by Crippen LogP contribution is -2.17. The minimum Gasteiger partial charge on any atom is -0.507 e. The van der Waals surface area contributed by atoms with Crippen LogP contribution in [0.15, 0.2) is 34.5 Å². The Morgan fingerprint density at radius 2 is 1.31 bits per heavy atom. The molecular weight excluding hydrogens is 378 g/mol. The molecule has 0 bridgehead atoms. The van der Waals surface area contributed by atoms with Crippen LogP contribution in [0, 0.1) is 20.8 Å². The number of anilines is 1. The zero-order valence-corrected chi connectivity index (χ0v) is 19.9. The average Bonchev–Trinajstić information content (AvgIpc) is 2.55. The topological polar surface area (TPSA) is 57.0 Å². The van der Waals surface area contributed by atoms with Gasteiger partial charge in [0, 0.05) is 16.8 Å². The number of benzene rings is 2. The molecule has 0 saturated heterocycles. The van der Waals surface area contributed by atoms with Crippen LogP contribution in [0.2, 0.25) is 0 Å². The summed E-state index contributed by atoms with van der Waals surface area (Å²) in [4.78, 5) is 0. The summed E-state index contributed by atoms with van der Waals surface area (Å²) in [5.74, 6) is 0.329. The molecule has 5 heteroatoms. The standard InChI is InChI=1S/C24H33N3OS/c1-14-10-15(2)20(16(3)11-14)25-22(29)27-26-17-12-18(23(4,5)6)21(28)19(13-17)24(7,8)9/h10-13,28H,1-9H3,(H,25,29). The Morgan fingerprint density at radius 1 is 0.862 bits per heavy atom. The molecule has 0 atom stereocenters. The Labute approximate surface area is 180 Å². The Hall–Kier alpha value is -2.27. The number of aryl methyl sites for hydroxylation is 3. The van der Waals surface area contributed by atoms with E-state index in [9.17, 15) is 5.11 Å². The first kappa shape index (κ1) is 23.0. The predicted octanol–water partition coefficient (Wildman–Crippen LogP) is 7.39. The molecule has 29 heavy (non-hydrogen) atoms. The van der Waals surface area contributed by atoms with Crippen molar-refractivity contribution in [2.24, 2.45) is 10.2 Å². The van der Waals surface area contributed by atoms with Gasteiger partial charge in [0.1, 0.15) is 5.75 Å². The predicted molar refractivity (Wildman–Crippen MR) is 127 cm³/mol. The zero-order chi connectivity index (χ0) is 22.1. The average molecular weight is 412 g/mol. The van der Waals surface area contributed by atoms with Crippen molar-refractivity contribution in [1.29, 1.82) is 0 Å². The molecule has 2 rings (SSSR count). The van der Waals surface area contributed by atoms with Crippen molar-refractivity contribution in [3.8, 4) is 5.75 Å². The van der Waals surface area contributed by atoms with Gasteiger partial charge < -0.3 is 10.4 Å². The first-order valence-electron chi connectivity index (χ1n) is 9.88. The van der Waals surface area contributed by atoms with Crippen LogP contribution in [-0.4, -0.2) is 10.2 Å². The minimum atomic E-state index is -0.218. The first-order valence-corrected chi connectivity index (χ1v) is 10.3. The summed E-state index contributed by atoms with van der Waals surface area (Å²) in [5, 5.41) is 22.9. The third-order valence-corrected chi connectivity index (χ3v) is 5.06. The van der Waals surface area contributed by atoms with Crippen LogP contribution in [0.25, 0.3) is 0 Å². The minimum absolute atomic E-state index is 0.218. The number of hydrogen-bond donors (Lipinski definition) is 2. The SMILES string of the molecule is Cc1cc(C)c(NC(=S)N=Nc2cc(C(C)(C)C)c(O)c(C(C)(C)C)c2)c(C)c1. The summed E-state index contributed by atoms with van der Waals surface area (Å²) in [6.07, 6.45) is 0. The molecule has 2 N–H and O–H groups in total. The summed E-state index contributed by atoms with van der Waals surface area (Å²) < 4.78 is 0. The zero-order valence-electron chi connectivity index (χ0n) is 19.1. The van der Waals surface area contributed by atoms with E-state index in [1.165, 1.54) is 5.56 Å². The van der Waals surface area contributed by atoms with Gasteiger partial charge in [-0.2, -0.15) is 0 Å². The molecule has 0 saturated carbocycles. The van der Waals surface area contributed by atoms with Crippen molar-refractivity contribution in [3.63, 3.8) is 0 Å². The van der Waals surface area contributed by atoms with E-state index in [1.54, 1.807) is 0 Å². The van der Waals surface area contributed by atoms with Crippen LogP contribution in [-0.2, 0) is 10.8 Å². The second-order valence-electron chi connectivity index (χ2n) is 9.79. The Bertz CT molecular complexity index is 905. The number of rotatable bonds is 2. The Balaban J connectivity index is 2.38. The molecule has 0 aliphatic carbocycles. The highest BCUT2D eigenvalue weighted by Crippen LogP contribution is 2.41. The highest BCUT2D eigenvalue weighted by molar-refractivity contribution is 7.80. The van der Waals surface area contributed by atoms with Crippen molar-refractivity contribution in [1.82, 2.24) is 0 Å². The van der Waals surface area contributed by atoms with E-state index in [0.717, 1.165) is 27.9 Å². The molecule has 0 aliphatic heterocycles. The highest BCUT2D eigenvalue weighted by Gasteiger charge is 2.26. The maximum Gasteiger partial charge on any atom is 0.218 e. The van der Waals surface area contributed by atoms with Crippen LogP contribution in [0.3, 0.4) is 0 Å². The maximum atomic E-state index is 10.8. The van der Waals surface area contributed by atoms with Crippen molar-refractivity contribution >= 4 is 28.7 Å². The first-order chi connectivity index (χ1) is 13.2. The van der Waals surface area contributed by atoms with E-state index < -0.39 is 0 Å². The van der Waals surface area contributed by atoms with Gasteiger partial charge in [-0.1, -0.05) is 59.2 Å². The monoisotopic (exact) mass is 411 g/mol. The maximum absolute atomic E-state index is 10.8. The largest absolute Gasteiger partial charge is 0.507 e. The van der Waals surface area contributed by atoms with Gasteiger partial charge >= 0.3 is 0 Å². The molecule has 4 nitrogen and oxygen atoms in total. The molecule has 0 amide bonds. The van der Waals surface area contributed by atoms with Crippen molar-refractivity contribution in [2.45, 2.75) is 73.1 Å². The molecule has 2 aromatic rings.